The second-order valence-corrected chi connectivity index (χ2v) is 4.87. The summed E-state index contributed by atoms with van der Waals surface area (Å²) in [5.41, 5.74) is 2.01. The van der Waals surface area contributed by atoms with Gasteiger partial charge in [-0.1, -0.05) is 13.3 Å². The zero-order chi connectivity index (χ0) is 12.7. The van der Waals surface area contributed by atoms with E-state index in [0.29, 0.717) is 5.92 Å². The lowest BCUT2D eigenvalue weighted by atomic mass is 10.0. The van der Waals surface area contributed by atoms with Crippen molar-refractivity contribution in [3.63, 3.8) is 0 Å². The molecule has 0 aromatic carbocycles. The zero-order valence-corrected chi connectivity index (χ0v) is 11.7. The van der Waals surface area contributed by atoms with Crippen molar-refractivity contribution < 1.29 is 0 Å². The molecular formula is C13H22ClN3. The Labute approximate surface area is 109 Å². The molecule has 1 heterocycles. The number of anilines is 1. The molecule has 0 aliphatic rings. The SMILES string of the molecule is CCCC(CCCl)CNc1nc(C)cc(C)n1. The van der Waals surface area contributed by atoms with Crippen molar-refractivity contribution >= 4 is 17.5 Å². The molecule has 0 radical (unpaired) electrons. The Morgan fingerprint density at radius 2 is 1.88 bits per heavy atom. The number of aryl methyl sites for hydroxylation is 2. The average Bonchev–Trinajstić information content (AvgIpc) is 2.25. The lowest BCUT2D eigenvalue weighted by molar-refractivity contribution is 0.489. The minimum atomic E-state index is 0.613. The van der Waals surface area contributed by atoms with Crippen molar-refractivity contribution in [2.75, 3.05) is 17.7 Å². The predicted molar refractivity (Wildman–Crippen MR) is 73.7 cm³/mol. The first-order valence-corrected chi connectivity index (χ1v) is 6.81. The van der Waals surface area contributed by atoms with E-state index in [2.05, 4.69) is 22.2 Å². The van der Waals surface area contributed by atoms with Gasteiger partial charge in [-0.25, -0.2) is 9.97 Å². The Balaban J connectivity index is 2.52. The van der Waals surface area contributed by atoms with Crippen LogP contribution in [0.1, 0.15) is 37.6 Å². The molecule has 96 valence electrons. The third kappa shape index (κ3) is 5.35. The Morgan fingerprint density at radius 3 is 2.41 bits per heavy atom. The maximum atomic E-state index is 5.81. The Morgan fingerprint density at radius 1 is 1.24 bits per heavy atom. The van der Waals surface area contributed by atoms with E-state index in [1.54, 1.807) is 0 Å². The van der Waals surface area contributed by atoms with Crippen LogP contribution in [0.5, 0.6) is 0 Å². The first-order chi connectivity index (χ1) is 8.15. The highest BCUT2D eigenvalue weighted by molar-refractivity contribution is 6.17. The van der Waals surface area contributed by atoms with Gasteiger partial charge in [0.2, 0.25) is 5.95 Å². The molecule has 1 unspecified atom stereocenters. The topological polar surface area (TPSA) is 37.8 Å². The fourth-order valence-electron chi connectivity index (χ4n) is 1.95. The van der Waals surface area contributed by atoms with Gasteiger partial charge in [0, 0.05) is 23.8 Å². The summed E-state index contributed by atoms with van der Waals surface area (Å²) in [5.74, 6) is 2.07. The zero-order valence-electron chi connectivity index (χ0n) is 11.0. The highest BCUT2D eigenvalue weighted by atomic mass is 35.5. The smallest absolute Gasteiger partial charge is 0.223 e. The molecule has 1 aromatic rings. The van der Waals surface area contributed by atoms with E-state index in [0.717, 1.165) is 36.2 Å². The fraction of sp³-hybridized carbons (Fsp3) is 0.692. The van der Waals surface area contributed by atoms with Crippen LogP contribution in [0.4, 0.5) is 5.95 Å². The molecule has 0 saturated carbocycles. The van der Waals surface area contributed by atoms with Crippen LogP contribution in [0.15, 0.2) is 6.07 Å². The Kier molecular flexibility index (Phi) is 6.27. The number of aromatic nitrogens is 2. The largest absolute Gasteiger partial charge is 0.354 e. The number of nitrogens with one attached hydrogen (secondary N) is 1. The van der Waals surface area contributed by atoms with Crippen LogP contribution >= 0.6 is 11.6 Å². The van der Waals surface area contributed by atoms with E-state index in [1.165, 1.54) is 12.8 Å². The van der Waals surface area contributed by atoms with E-state index >= 15 is 0 Å². The maximum absolute atomic E-state index is 5.81. The van der Waals surface area contributed by atoms with Gasteiger partial charge in [0.1, 0.15) is 0 Å². The van der Waals surface area contributed by atoms with E-state index in [1.807, 2.05) is 19.9 Å². The monoisotopic (exact) mass is 255 g/mol. The number of alkyl halides is 1. The van der Waals surface area contributed by atoms with Crippen LogP contribution in [0, 0.1) is 19.8 Å². The lowest BCUT2D eigenvalue weighted by Crippen LogP contribution is -2.16. The van der Waals surface area contributed by atoms with Crippen LogP contribution in [0.25, 0.3) is 0 Å². The van der Waals surface area contributed by atoms with Gasteiger partial charge in [-0.3, -0.25) is 0 Å². The van der Waals surface area contributed by atoms with Crippen molar-refractivity contribution in [3.05, 3.63) is 17.5 Å². The van der Waals surface area contributed by atoms with E-state index < -0.39 is 0 Å². The molecule has 1 rings (SSSR count). The summed E-state index contributed by atoms with van der Waals surface area (Å²) in [6.45, 7) is 7.09. The summed E-state index contributed by atoms with van der Waals surface area (Å²) in [5, 5.41) is 3.32. The molecule has 0 amide bonds. The first-order valence-electron chi connectivity index (χ1n) is 6.27. The molecule has 17 heavy (non-hydrogen) atoms. The van der Waals surface area contributed by atoms with Gasteiger partial charge in [-0.2, -0.15) is 0 Å². The summed E-state index contributed by atoms with van der Waals surface area (Å²) >= 11 is 5.81. The minimum Gasteiger partial charge on any atom is -0.354 e. The van der Waals surface area contributed by atoms with Crippen LogP contribution in [-0.2, 0) is 0 Å². The molecule has 0 spiro atoms. The van der Waals surface area contributed by atoms with Crippen LogP contribution in [0.2, 0.25) is 0 Å². The molecule has 1 aromatic heterocycles. The summed E-state index contributed by atoms with van der Waals surface area (Å²) in [7, 11) is 0. The number of nitrogens with zero attached hydrogens (tertiary/aromatic N) is 2. The van der Waals surface area contributed by atoms with Crippen molar-refractivity contribution in [2.45, 2.75) is 40.0 Å². The molecule has 0 aliphatic heterocycles. The average molecular weight is 256 g/mol. The van der Waals surface area contributed by atoms with Crippen LogP contribution < -0.4 is 5.32 Å². The summed E-state index contributed by atoms with van der Waals surface area (Å²) < 4.78 is 0. The molecule has 0 fully saturated rings. The van der Waals surface area contributed by atoms with Crippen LogP contribution in [0.3, 0.4) is 0 Å². The maximum Gasteiger partial charge on any atom is 0.223 e. The molecule has 3 nitrogen and oxygen atoms in total. The third-order valence-corrected chi connectivity index (χ3v) is 2.96. The normalized spacial score (nSPS) is 12.5. The highest BCUT2D eigenvalue weighted by Crippen LogP contribution is 2.13. The molecular weight excluding hydrogens is 234 g/mol. The Bertz CT molecular complexity index is 315. The van der Waals surface area contributed by atoms with Gasteiger partial charge in [-0.05, 0) is 38.7 Å². The van der Waals surface area contributed by atoms with Gasteiger partial charge >= 0.3 is 0 Å². The second kappa shape index (κ2) is 7.49. The summed E-state index contributed by atoms with van der Waals surface area (Å²) in [4.78, 5) is 8.74. The number of hydrogen-bond donors (Lipinski definition) is 1. The quantitative estimate of drug-likeness (QED) is 0.758. The lowest BCUT2D eigenvalue weighted by Gasteiger charge is -2.15. The molecule has 4 heteroatoms. The summed E-state index contributed by atoms with van der Waals surface area (Å²) in [6.07, 6.45) is 3.44. The number of rotatable bonds is 7. The number of halogens is 1. The molecule has 1 N–H and O–H groups in total. The molecule has 1 atom stereocenters. The first kappa shape index (κ1) is 14.2. The van der Waals surface area contributed by atoms with E-state index in [4.69, 9.17) is 11.6 Å². The minimum absolute atomic E-state index is 0.613. The predicted octanol–water partition coefficient (Wildman–Crippen LogP) is 3.55. The molecule has 0 bridgehead atoms. The molecule has 0 aliphatic carbocycles. The van der Waals surface area contributed by atoms with Gasteiger partial charge < -0.3 is 5.32 Å². The van der Waals surface area contributed by atoms with Gasteiger partial charge in [0.05, 0.1) is 0 Å². The van der Waals surface area contributed by atoms with Crippen molar-refractivity contribution in [2.24, 2.45) is 5.92 Å². The van der Waals surface area contributed by atoms with Gasteiger partial charge in [-0.15, -0.1) is 11.6 Å². The summed E-state index contributed by atoms with van der Waals surface area (Å²) in [6, 6.07) is 1.98. The molecule has 0 saturated heterocycles. The third-order valence-electron chi connectivity index (χ3n) is 2.75. The van der Waals surface area contributed by atoms with Crippen LogP contribution in [-0.4, -0.2) is 22.4 Å². The second-order valence-electron chi connectivity index (χ2n) is 4.49. The van der Waals surface area contributed by atoms with Crippen molar-refractivity contribution in [3.8, 4) is 0 Å². The van der Waals surface area contributed by atoms with E-state index in [9.17, 15) is 0 Å². The Hall–Kier alpha value is -0.830. The van der Waals surface area contributed by atoms with Crippen molar-refractivity contribution in [1.82, 2.24) is 9.97 Å². The van der Waals surface area contributed by atoms with E-state index in [-0.39, 0.29) is 0 Å². The fourth-order valence-corrected chi connectivity index (χ4v) is 2.26. The highest BCUT2D eigenvalue weighted by Gasteiger charge is 2.08. The number of hydrogen-bond acceptors (Lipinski definition) is 3. The van der Waals surface area contributed by atoms with Crippen molar-refractivity contribution in [1.29, 1.82) is 0 Å². The standard InChI is InChI=1S/C13H22ClN3/c1-4-5-12(6-7-14)9-15-13-16-10(2)8-11(3)17-13/h8,12H,4-7,9H2,1-3H3,(H,15,16,17). The van der Waals surface area contributed by atoms with Gasteiger partial charge in [0.25, 0.3) is 0 Å². The van der Waals surface area contributed by atoms with Gasteiger partial charge in [0.15, 0.2) is 0 Å².